The molecule has 4 bridgehead atoms. The summed E-state index contributed by atoms with van der Waals surface area (Å²) in [6.45, 7) is 6.08. The van der Waals surface area contributed by atoms with Crippen LogP contribution in [0.5, 0.6) is 0 Å². The van der Waals surface area contributed by atoms with Crippen LogP contribution < -0.4 is 5.32 Å². The quantitative estimate of drug-likeness (QED) is 0.625. The lowest BCUT2D eigenvalue weighted by molar-refractivity contribution is -0.0727. The highest BCUT2D eigenvalue weighted by Crippen LogP contribution is 2.55. The van der Waals surface area contributed by atoms with Gasteiger partial charge in [-0.3, -0.25) is 4.90 Å². The maximum absolute atomic E-state index is 5.52. The molecule has 0 amide bonds. The molecule has 130 valence electrons. The average molecular weight is 338 g/mol. The number of hydrogen-bond acceptors (Lipinski definition) is 3. The third-order valence-electron chi connectivity index (χ3n) is 6.78. The molecule has 1 N–H and O–H groups in total. The van der Waals surface area contributed by atoms with E-state index in [9.17, 15) is 0 Å². The lowest BCUT2D eigenvalue weighted by atomic mass is 9.54. The topological polar surface area (TPSA) is 27.7 Å². The number of piperazine rings is 1. The van der Waals surface area contributed by atoms with Crippen molar-refractivity contribution in [1.29, 1.82) is 0 Å². The molecule has 0 aromatic rings. The molecule has 0 aromatic heterocycles. The van der Waals surface area contributed by atoms with Gasteiger partial charge < -0.3 is 15.0 Å². The molecule has 1 aliphatic heterocycles. The fraction of sp³-hybridized carbons (Fsp3) is 0.944. The van der Waals surface area contributed by atoms with Gasteiger partial charge in [-0.1, -0.05) is 0 Å². The molecular weight excluding hydrogens is 306 g/mol. The number of thiocarbonyl (C=S) groups is 1. The van der Waals surface area contributed by atoms with Crippen molar-refractivity contribution in [2.75, 3.05) is 46.4 Å². The van der Waals surface area contributed by atoms with Crippen LogP contribution in [0.2, 0.25) is 0 Å². The first-order valence-corrected chi connectivity index (χ1v) is 9.91. The van der Waals surface area contributed by atoms with E-state index in [-0.39, 0.29) is 0 Å². The zero-order chi connectivity index (χ0) is 15.8. The largest absolute Gasteiger partial charge is 0.383 e. The lowest BCUT2D eigenvalue weighted by Gasteiger charge is -2.58. The van der Waals surface area contributed by atoms with E-state index in [0.29, 0.717) is 6.61 Å². The van der Waals surface area contributed by atoms with E-state index in [0.717, 1.165) is 54.5 Å². The van der Waals surface area contributed by atoms with Crippen LogP contribution in [0, 0.1) is 23.7 Å². The molecule has 0 atom stereocenters. The molecule has 4 nitrogen and oxygen atoms in total. The summed E-state index contributed by atoms with van der Waals surface area (Å²) in [6, 6.07) is 0.889. The summed E-state index contributed by atoms with van der Waals surface area (Å²) in [7, 11) is 1.73. The Balaban J connectivity index is 1.29. The highest BCUT2D eigenvalue weighted by atomic mass is 32.1. The van der Waals surface area contributed by atoms with Crippen molar-refractivity contribution in [2.24, 2.45) is 23.7 Å². The van der Waals surface area contributed by atoms with Gasteiger partial charge in [0.15, 0.2) is 5.11 Å². The van der Waals surface area contributed by atoms with Gasteiger partial charge in [0.05, 0.1) is 6.61 Å². The zero-order valence-electron chi connectivity index (χ0n) is 14.4. The van der Waals surface area contributed by atoms with Gasteiger partial charge in [0.1, 0.15) is 0 Å². The fourth-order valence-electron chi connectivity index (χ4n) is 6.09. The zero-order valence-corrected chi connectivity index (χ0v) is 15.2. The van der Waals surface area contributed by atoms with E-state index in [2.05, 4.69) is 15.1 Å². The van der Waals surface area contributed by atoms with Gasteiger partial charge in [-0.25, -0.2) is 0 Å². The van der Waals surface area contributed by atoms with E-state index in [1.807, 2.05) is 0 Å². The molecule has 4 aliphatic carbocycles. The maximum Gasteiger partial charge on any atom is 0.169 e. The van der Waals surface area contributed by atoms with E-state index in [4.69, 9.17) is 17.0 Å². The average Bonchev–Trinajstić information content (AvgIpc) is 2.54. The minimum atomic E-state index is 0.716. The summed E-state index contributed by atoms with van der Waals surface area (Å²) in [6.07, 6.45) is 7.64. The van der Waals surface area contributed by atoms with Crippen LogP contribution in [0.25, 0.3) is 0 Å². The van der Waals surface area contributed by atoms with E-state index in [1.165, 1.54) is 38.8 Å². The van der Waals surface area contributed by atoms with Gasteiger partial charge >= 0.3 is 0 Å². The van der Waals surface area contributed by atoms with Crippen LogP contribution in [-0.4, -0.2) is 67.4 Å². The summed E-state index contributed by atoms with van der Waals surface area (Å²) < 4.78 is 5.08. The number of hydrogen-bond donors (Lipinski definition) is 1. The summed E-state index contributed by atoms with van der Waals surface area (Å²) in [5, 5.41) is 4.22. The minimum absolute atomic E-state index is 0.716. The van der Waals surface area contributed by atoms with Crippen LogP contribution in [0.4, 0.5) is 0 Å². The Morgan fingerprint density at radius 2 is 1.61 bits per heavy atom. The molecule has 0 radical (unpaired) electrons. The van der Waals surface area contributed by atoms with Crippen molar-refractivity contribution in [3.8, 4) is 0 Å². The molecule has 1 heterocycles. The van der Waals surface area contributed by atoms with Gasteiger partial charge in [0, 0.05) is 45.9 Å². The van der Waals surface area contributed by atoms with Crippen molar-refractivity contribution in [3.63, 3.8) is 0 Å². The number of nitrogens with one attached hydrogen (secondary N) is 1. The number of rotatable bonds is 4. The Bertz CT molecular complexity index is 408. The molecule has 0 unspecified atom stereocenters. The van der Waals surface area contributed by atoms with Crippen molar-refractivity contribution >= 4 is 17.3 Å². The van der Waals surface area contributed by atoms with Crippen LogP contribution in [0.3, 0.4) is 0 Å². The van der Waals surface area contributed by atoms with Crippen molar-refractivity contribution < 1.29 is 4.74 Å². The van der Waals surface area contributed by atoms with Crippen molar-refractivity contribution in [2.45, 2.75) is 38.1 Å². The van der Waals surface area contributed by atoms with Gasteiger partial charge in [-0.15, -0.1) is 0 Å². The second-order valence-electron chi connectivity index (χ2n) is 8.17. The highest BCUT2D eigenvalue weighted by molar-refractivity contribution is 7.80. The summed E-state index contributed by atoms with van der Waals surface area (Å²) in [5.74, 6) is 4.16. The molecule has 5 rings (SSSR count). The number of nitrogens with zero attached hydrogens (tertiary/aromatic N) is 2. The summed E-state index contributed by atoms with van der Waals surface area (Å²) >= 11 is 5.52. The van der Waals surface area contributed by atoms with Gasteiger partial charge in [-0.2, -0.15) is 0 Å². The fourth-order valence-corrected chi connectivity index (χ4v) is 6.37. The van der Waals surface area contributed by atoms with Gasteiger partial charge in [0.25, 0.3) is 0 Å². The molecule has 4 saturated carbocycles. The molecule has 5 fully saturated rings. The summed E-state index contributed by atoms with van der Waals surface area (Å²) in [5.41, 5.74) is 0. The van der Waals surface area contributed by atoms with E-state index in [1.54, 1.807) is 13.5 Å². The van der Waals surface area contributed by atoms with Crippen molar-refractivity contribution in [1.82, 2.24) is 15.1 Å². The van der Waals surface area contributed by atoms with Gasteiger partial charge in [0.2, 0.25) is 0 Å². The normalized spacial score (nSPS) is 39.7. The number of ether oxygens (including phenoxy) is 1. The van der Waals surface area contributed by atoms with Gasteiger partial charge in [-0.05, 0) is 68.0 Å². The lowest BCUT2D eigenvalue weighted by Crippen LogP contribution is -2.61. The third kappa shape index (κ3) is 3.24. The second kappa shape index (κ2) is 6.85. The van der Waals surface area contributed by atoms with Crippen LogP contribution >= 0.6 is 12.2 Å². The van der Waals surface area contributed by atoms with Crippen LogP contribution in [-0.2, 0) is 4.74 Å². The first-order valence-electron chi connectivity index (χ1n) is 9.50. The molecule has 5 aliphatic rings. The first kappa shape index (κ1) is 16.1. The minimum Gasteiger partial charge on any atom is -0.383 e. The molecule has 5 heteroatoms. The number of methoxy groups -OCH3 is 1. The Hall–Kier alpha value is -0.390. The Morgan fingerprint density at radius 1 is 1.00 bits per heavy atom. The molecule has 0 spiro atoms. The Morgan fingerprint density at radius 3 is 2.17 bits per heavy atom. The maximum atomic E-state index is 5.52. The predicted molar refractivity (Wildman–Crippen MR) is 96.5 cm³/mol. The van der Waals surface area contributed by atoms with Crippen molar-refractivity contribution in [3.05, 3.63) is 0 Å². The molecular formula is C18H31N3OS. The second-order valence-corrected chi connectivity index (χ2v) is 8.56. The highest BCUT2D eigenvalue weighted by Gasteiger charge is 2.50. The monoisotopic (exact) mass is 337 g/mol. The first-order chi connectivity index (χ1) is 11.2. The molecule has 0 aromatic carbocycles. The van der Waals surface area contributed by atoms with Crippen LogP contribution in [0.1, 0.15) is 32.1 Å². The molecule has 1 saturated heterocycles. The SMILES string of the molecule is COCCNC(=S)N1CCN(C2C3CC4CC(C3)CC2C4)CC1. The van der Waals surface area contributed by atoms with E-state index >= 15 is 0 Å². The Kier molecular flexibility index (Phi) is 4.79. The van der Waals surface area contributed by atoms with E-state index < -0.39 is 0 Å². The Labute approximate surface area is 145 Å². The smallest absolute Gasteiger partial charge is 0.169 e. The standard InChI is InChI=1S/C18H31N3OS/c1-22-7-2-19-18(23)21-5-3-20(4-6-21)17-15-9-13-8-14(11-15)12-16(17)10-13/h13-17H,2-12H2,1H3,(H,19,23). The van der Waals surface area contributed by atoms with Crippen LogP contribution in [0.15, 0.2) is 0 Å². The molecule has 23 heavy (non-hydrogen) atoms. The summed E-state index contributed by atoms with van der Waals surface area (Å²) in [4.78, 5) is 5.17. The predicted octanol–water partition coefficient (Wildman–Crippen LogP) is 1.95. The third-order valence-corrected chi connectivity index (χ3v) is 7.19.